The van der Waals surface area contributed by atoms with Crippen LogP contribution in [0.5, 0.6) is 0 Å². The lowest BCUT2D eigenvalue weighted by Crippen LogP contribution is -2.39. The molecule has 3 atom stereocenters. The first-order valence-corrected chi connectivity index (χ1v) is 8.07. The van der Waals surface area contributed by atoms with Gasteiger partial charge in [0.2, 0.25) is 0 Å². The maximum Gasteiger partial charge on any atom is 0.0111 e. The molecule has 0 aromatic rings. The summed E-state index contributed by atoms with van der Waals surface area (Å²) in [6, 6.07) is 1.39. The standard InChI is InChI=1S/C13H24N2S/c14-13-3-1-2-10-8-15(9-12(10)13)11-4-6-16-7-5-11/h10-13H,1-9,14H2. The van der Waals surface area contributed by atoms with E-state index in [0.717, 1.165) is 17.9 Å². The van der Waals surface area contributed by atoms with Crippen LogP contribution in [0.3, 0.4) is 0 Å². The highest BCUT2D eigenvalue weighted by Crippen LogP contribution is 2.38. The number of fused-ring (bicyclic) bond motifs is 1. The van der Waals surface area contributed by atoms with E-state index >= 15 is 0 Å². The fourth-order valence-corrected chi connectivity index (χ4v) is 4.98. The van der Waals surface area contributed by atoms with Crippen molar-refractivity contribution in [1.82, 2.24) is 4.90 Å². The van der Waals surface area contributed by atoms with Crippen LogP contribution in [0.25, 0.3) is 0 Å². The Hall–Kier alpha value is 0.270. The van der Waals surface area contributed by atoms with Gasteiger partial charge in [-0.15, -0.1) is 0 Å². The molecule has 92 valence electrons. The lowest BCUT2D eigenvalue weighted by atomic mass is 9.78. The molecule has 3 unspecified atom stereocenters. The normalized spacial score (nSPS) is 42.2. The van der Waals surface area contributed by atoms with Crippen molar-refractivity contribution in [2.24, 2.45) is 17.6 Å². The molecule has 2 nitrogen and oxygen atoms in total. The zero-order valence-electron chi connectivity index (χ0n) is 10.1. The van der Waals surface area contributed by atoms with Gasteiger partial charge in [0.15, 0.2) is 0 Å². The molecule has 0 radical (unpaired) electrons. The van der Waals surface area contributed by atoms with Crippen molar-refractivity contribution in [3.05, 3.63) is 0 Å². The number of likely N-dealkylation sites (tertiary alicyclic amines) is 1. The van der Waals surface area contributed by atoms with Crippen LogP contribution in [-0.4, -0.2) is 41.6 Å². The zero-order chi connectivity index (χ0) is 11.0. The van der Waals surface area contributed by atoms with Crippen molar-refractivity contribution in [2.75, 3.05) is 24.6 Å². The van der Waals surface area contributed by atoms with E-state index < -0.39 is 0 Å². The largest absolute Gasteiger partial charge is 0.327 e. The van der Waals surface area contributed by atoms with E-state index in [1.165, 1.54) is 56.7 Å². The molecule has 2 saturated heterocycles. The maximum absolute atomic E-state index is 6.28. The molecular weight excluding hydrogens is 216 g/mol. The average molecular weight is 240 g/mol. The second-order valence-corrected chi connectivity index (χ2v) is 7.04. The number of hydrogen-bond donors (Lipinski definition) is 1. The van der Waals surface area contributed by atoms with E-state index in [1.54, 1.807) is 0 Å². The fraction of sp³-hybridized carbons (Fsp3) is 1.00. The van der Waals surface area contributed by atoms with Crippen molar-refractivity contribution >= 4 is 11.8 Å². The number of nitrogens with two attached hydrogens (primary N) is 1. The molecule has 3 aliphatic rings. The fourth-order valence-electron chi connectivity index (χ4n) is 3.90. The summed E-state index contributed by atoms with van der Waals surface area (Å²) in [4.78, 5) is 2.78. The highest BCUT2D eigenvalue weighted by molar-refractivity contribution is 7.99. The minimum Gasteiger partial charge on any atom is -0.327 e. The summed E-state index contributed by atoms with van der Waals surface area (Å²) in [6.07, 6.45) is 6.92. The smallest absolute Gasteiger partial charge is 0.0111 e. The molecule has 0 aromatic carbocycles. The second kappa shape index (κ2) is 4.87. The van der Waals surface area contributed by atoms with Gasteiger partial charge in [0.1, 0.15) is 0 Å². The average Bonchev–Trinajstić information content (AvgIpc) is 2.76. The Balaban J connectivity index is 1.62. The highest BCUT2D eigenvalue weighted by Gasteiger charge is 2.40. The molecule has 3 heteroatoms. The Morgan fingerprint density at radius 1 is 1.00 bits per heavy atom. The summed E-state index contributed by atoms with van der Waals surface area (Å²) in [7, 11) is 0. The van der Waals surface area contributed by atoms with Crippen LogP contribution in [0.15, 0.2) is 0 Å². The zero-order valence-corrected chi connectivity index (χ0v) is 10.9. The Labute approximate surface area is 103 Å². The molecule has 2 N–H and O–H groups in total. The Kier molecular flexibility index (Phi) is 3.46. The van der Waals surface area contributed by atoms with Gasteiger partial charge in [0, 0.05) is 25.2 Å². The lowest BCUT2D eigenvalue weighted by Gasteiger charge is -2.31. The molecule has 1 saturated carbocycles. The summed E-state index contributed by atoms with van der Waals surface area (Å²) >= 11 is 2.13. The summed E-state index contributed by atoms with van der Waals surface area (Å²) < 4.78 is 0. The molecule has 1 aliphatic carbocycles. The Morgan fingerprint density at radius 2 is 1.81 bits per heavy atom. The van der Waals surface area contributed by atoms with Gasteiger partial charge in [-0.05, 0) is 49.0 Å². The van der Waals surface area contributed by atoms with Gasteiger partial charge in [-0.2, -0.15) is 11.8 Å². The van der Waals surface area contributed by atoms with Crippen LogP contribution in [0.2, 0.25) is 0 Å². The topological polar surface area (TPSA) is 29.3 Å². The third-order valence-electron chi connectivity index (χ3n) is 4.89. The second-order valence-electron chi connectivity index (χ2n) is 5.82. The number of nitrogens with zero attached hydrogens (tertiary/aromatic N) is 1. The van der Waals surface area contributed by atoms with Gasteiger partial charge >= 0.3 is 0 Å². The van der Waals surface area contributed by atoms with Crippen molar-refractivity contribution in [2.45, 2.75) is 44.2 Å². The lowest BCUT2D eigenvalue weighted by molar-refractivity contribution is 0.216. The third-order valence-corrected chi connectivity index (χ3v) is 5.94. The van der Waals surface area contributed by atoms with Crippen LogP contribution in [0.4, 0.5) is 0 Å². The Bertz CT molecular complexity index is 240. The number of thioether (sulfide) groups is 1. The summed E-state index contributed by atoms with van der Waals surface area (Å²) in [6.45, 7) is 2.66. The molecule has 0 aromatic heterocycles. The molecule has 0 bridgehead atoms. The van der Waals surface area contributed by atoms with Gasteiger partial charge < -0.3 is 5.73 Å². The first-order valence-electron chi connectivity index (χ1n) is 6.92. The van der Waals surface area contributed by atoms with E-state index in [9.17, 15) is 0 Å². The molecule has 2 aliphatic heterocycles. The van der Waals surface area contributed by atoms with E-state index in [0.29, 0.717) is 6.04 Å². The minimum absolute atomic E-state index is 0.502. The van der Waals surface area contributed by atoms with Crippen molar-refractivity contribution in [1.29, 1.82) is 0 Å². The van der Waals surface area contributed by atoms with Crippen LogP contribution >= 0.6 is 11.8 Å². The van der Waals surface area contributed by atoms with Crippen LogP contribution in [0, 0.1) is 11.8 Å². The first kappa shape index (κ1) is 11.4. The van der Waals surface area contributed by atoms with Gasteiger partial charge in [-0.1, -0.05) is 6.42 Å². The molecule has 2 heterocycles. The van der Waals surface area contributed by atoms with Gasteiger partial charge in [0.25, 0.3) is 0 Å². The van der Waals surface area contributed by atoms with E-state index in [-0.39, 0.29) is 0 Å². The van der Waals surface area contributed by atoms with E-state index in [2.05, 4.69) is 16.7 Å². The molecule has 3 rings (SSSR count). The minimum atomic E-state index is 0.502. The summed E-state index contributed by atoms with van der Waals surface area (Å²) in [5, 5.41) is 0. The van der Waals surface area contributed by atoms with Crippen molar-refractivity contribution < 1.29 is 0 Å². The molecular formula is C13H24N2S. The van der Waals surface area contributed by atoms with Crippen molar-refractivity contribution in [3.63, 3.8) is 0 Å². The molecule has 0 spiro atoms. The van der Waals surface area contributed by atoms with Crippen molar-refractivity contribution in [3.8, 4) is 0 Å². The monoisotopic (exact) mass is 240 g/mol. The SMILES string of the molecule is NC1CCCC2CN(C3CCSCC3)CC12. The Morgan fingerprint density at radius 3 is 2.56 bits per heavy atom. The third kappa shape index (κ3) is 2.14. The number of hydrogen-bond acceptors (Lipinski definition) is 3. The van der Waals surface area contributed by atoms with Gasteiger partial charge in [0.05, 0.1) is 0 Å². The number of rotatable bonds is 1. The molecule has 0 amide bonds. The summed E-state index contributed by atoms with van der Waals surface area (Å²) in [5.41, 5.74) is 6.28. The van der Waals surface area contributed by atoms with E-state index in [1.807, 2.05) is 0 Å². The quantitative estimate of drug-likeness (QED) is 0.759. The predicted molar refractivity (Wildman–Crippen MR) is 70.7 cm³/mol. The first-order chi connectivity index (χ1) is 7.84. The van der Waals surface area contributed by atoms with Crippen LogP contribution in [0.1, 0.15) is 32.1 Å². The summed E-state index contributed by atoms with van der Waals surface area (Å²) in [5.74, 6) is 4.51. The van der Waals surface area contributed by atoms with Gasteiger partial charge in [-0.25, -0.2) is 0 Å². The van der Waals surface area contributed by atoms with Crippen LogP contribution < -0.4 is 5.73 Å². The molecule has 16 heavy (non-hydrogen) atoms. The predicted octanol–water partition coefficient (Wildman–Crippen LogP) is 1.94. The maximum atomic E-state index is 6.28. The van der Waals surface area contributed by atoms with Gasteiger partial charge in [-0.3, -0.25) is 4.90 Å². The van der Waals surface area contributed by atoms with Crippen LogP contribution in [-0.2, 0) is 0 Å². The molecule has 3 fully saturated rings. The highest BCUT2D eigenvalue weighted by atomic mass is 32.2. The van der Waals surface area contributed by atoms with E-state index in [4.69, 9.17) is 5.73 Å².